The van der Waals surface area contributed by atoms with Crippen LogP contribution >= 0.6 is 0 Å². The summed E-state index contributed by atoms with van der Waals surface area (Å²) >= 11 is 0. The monoisotopic (exact) mass is 440 g/mol. The Hall–Kier alpha value is -2.81. The number of carbonyl (C=O) groups is 1. The average Bonchev–Trinajstić information content (AvgIpc) is 3.43. The molecule has 0 bridgehead atoms. The molecule has 8 nitrogen and oxygen atoms in total. The first-order chi connectivity index (χ1) is 15.5. The van der Waals surface area contributed by atoms with Gasteiger partial charge >= 0.3 is 0 Å². The Morgan fingerprint density at radius 1 is 1.31 bits per heavy atom. The Morgan fingerprint density at radius 2 is 2.09 bits per heavy atom. The number of anilines is 1. The van der Waals surface area contributed by atoms with Gasteiger partial charge in [-0.1, -0.05) is 6.92 Å². The number of aromatic nitrogens is 3. The lowest BCUT2D eigenvalue weighted by Crippen LogP contribution is -2.51. The third-order valence-corrected chi connectivity index (χ3v) is 7.62. The number of aromatic amines is 1. The molecule has 2 aromatic rings. The third kappa shape index (κ3) is 3.39. The standard InChI is InChI=1S/C23H29FN6O2/c1-3-14-13-26-22(28-20(14)31)23-7-6-17(15(23)12-23)29-8-10-30(11-9-29)18-5-4-16(21(32)25-2)27-19(18)24/h4-5,13,15,17H,3,6-12H2,1-2H3,(H,25,32)(H,26,28,31). The summed E-state index contributed by atoms with van der Waals surface area (Å²) < 4.78 is 14.5. The van der Waals surface area contributed by atoms with E-state index in [-0.39, 0.29) is 16.7 Å². The van der Waals surface area contributed by atoms with Crippen LogP contribution in [0.4, 0.5) is 10.1 Å². The van der Waals surface area contributed by atoms with Crippen molar-refractivity contribution in [3.05, 3.63) is 51.7 Å². The van der Waals surface area contributed by atoms with Crippen molar-refractivity contribution in [1.82, 2.24) is 25.2 Å². The maximum absolute atomic E-state index is 14.5. The van der Waals surface area contributed by atoms with E-state index in [0.29, 0.717) is 37.2 Å². The molecule has 0 aromatic carbocycles. The topological polar surface area (TPSA) is 94.2 Å². The highest BCUT2D eigenvalue weighted by Crippen LogP contribution is 2.64. The number of carbonyl (C=O) groups excluding carboxylic acids is 1. The second-order valence-electron chi connectivity index (χ2n) is 9.12. The van der Waals surface area contributed by atoms with Crippen LogP contribution in [0.1, 0.15) is 48.1 Å². The molecule has 170 valence electrons. The predicted molar refractivity (Wildman–Crippen MR) is 118 cm³/mol. The van der Waals surface area contributed by atoms with Crippen molar-refractivity contribution in [2.45, 2.75) is 44.1 Å². The number of halogens is 1. The number of nitrogens with one attached hydrogen (secondary N) is 2. The van der Waals surface area contributed by atoms with Gasteiger partial charge in [0.05, 0.1) is 5.69 Å². The van der Waals surface area contributed by atoms with E-state index in [0.717, 1.165) is 43.7 Å². The zero-order chi connectivity index (χ0) is 22.5. The number of nitrogens with zero attached hydrogens (tertiary/aromatic N) is 4. The molecule has 3 heterocycles. The molecular weight excluding hydrogens is 411 g/mol. The first kappa shape index (κ1) is 21.1. The molecule has 0 radical (unpaired) electrons. The molecule has 1 saturated heterocycles. The number of rotatable bonds is 5. The molecule has 3 unspecified atom stereocenters. The van der Waals surface area contributed by atoms with E-state index < -0.39 is 11.9 Å². The molecule has 3 fully saturated rings. The van der Waals surface area contributed by atoms with Crippen molar-refractivity contribution in [1.29, 1.82) is 0 Å². The highest BCUT2D eigenvalue weighted by molar-refractivity contribution is 5.92. The fourth-order valence-corrected chi connectivity index (χ4v) is 5.70. The molecular formula is C23H29FN6O2. The van der Waals surface area contributed by atoms with Gasteiger partial charge in [-0.15, -0.1) is 0 Å². The minimum atomic E-state index is -0.604. The normalized spacial score (nSPS) is 27.3. The van der Waals surface area contributed by atoms with Gasteiger partial charge in [0.25, 0.3) is 11.5 Å². The lowest BCUT2D eigenvalue weighted by Gasteiger charge is -2.39. The van der Waals surface area contributed by atoms with Gasteiger partial charge in [-0.05, 0) is 43.7 Å². The smallest absolute Gasteiger partial charge is 0.269 e. The molecule has 32 heavy (non-hydrogen) atoms. The summed E-state index contributed by atoms with van der Waals surface area (Å²) in [5.74, 6) is 0.381. The van der Waals surface area contributed by atoms with E-state index in [1.54, 1.807) is 18.3 Å². The van der Waals surface area contributed by atoms with Gasteiger partial charge in [0.1, 0.15) is 11.5 Å². The number of hydrogen-bond donors (Lipinski definition) is 2. The highest BCUT2D eigenvalue weighted by Gasteiger charge is 2.65. The molecule has 3 atom stereocenters. The van der Waals surface area contributed by atoms with E-state index in [4.69, 9.17) is 0 Å². The Kier molecular flexibility index (Phi) is 5.23. The number of hydrogen-bond acceptors (Lipinski definition) is 6. The minimum absolute atomic E-state index is 0.00679. The zero-order valence-electron chi connectivity index (χ0n) is 18.5. The summed E-state index contributed by atoms with van der Waals surface area (Å²) in [5, 5.41) is 2.46. The summed E-state index contributed by atoms with van der Waals surface area (Å²) in [6, 6.07) is 3.69. The van der Waals surface area contributed by atoms with Crippen LogP contribution in [-0.4, -0.2) is 65.0 Å². The summed E-state index contributed by atoms with van der Waals surface area (Å²) in [4.78, 5) is 40.0. The van der Waals surface area contributed by atoms with E-state index in [2.05, 4.69) is 25.2 Å². The van der Waals surface area contributed by atoms with Crippen LogP contribution < -0.4 is 15.8 Å². The molecule has 0 spiro atoms. The molecule has 5 rings (SSSR count). The Morgan fingerprint density at radius 3 is 2.72 bits per heavy atom. The van der Waals surface area contributed by atoms with E-state index >= 15 is 0 Å². The molecule has 3 aliphatic rings. The quantitative estimate of drug-likeness (QED) is 0.684. The molecule has 2 aliphatic carbocycles. The third-order valence-electron chi connectivity index (χ3n) is 7.62. The molecule has 9 heteroatoms. The van der Waals surface area contributed by atoms with Crippen molar-refractivity contribution in [2.24, 2.45) is 5.92 Å². The molecule has 2 N–H and O–H groups in total. The van der Waals surface area contributed by atoms with Gasteiger partial charge in [0.2, 0.25) is 5.95 Å². The average molecular weight is 441 g/mol. The number of H-pyrrole nitrogens is 1. The summed E-state index contributed by atoms with van der Waals surface area (Å²) in [6.45, 7) is 5.11. The van der Waals surface area contributed by atoms with Gasteiger partial charge in [-0.3, -0.25) is 14.5 Å². The number of amides is 1. The molecule has 2 aromatic heterocycles. The van der Waals surface area contributed by atoms with Crippen LogP contribution in [0.2, 0.25) is 0 Å². The van der Waals surface area contributed by atoms with Crippen molar-refractivity contribution in [2.75, 3.05) is 38.1 Å². The highest BCUT2D eigenvalue weighted by atomic mass is 19.1. The zero-order valence-corrected chi connectivity index (χ0v) is 18.5. The van der Waals surface area contributed by atoms with Crippen LogP contribution in [0.15, 0.2) is 23.1 Å². The minimum Gasteiger partial charge on any atom is -0.365 e. The van der Waals surface area contributed by atoms with Crippen LogP contribution in [0.3, 0.4) is 0 Å². The summed E-state index contributed by atoms with van der Waals surface area (Å²) in [6.07, 6.45) is 5.65. The van der Waals surface area contributed by atoms with Crippen molar-refractivity contribution < 1.29 is 9.18 Å². The molecule has 2 saturated carbocycles. The molecule has 1 amide bonds. The van der Waals surface area contributed by atoms with Crippen molar-refractivity contribution in [3.8, 4) is 0 Å². The maximum Gasteiger partial charge on any atom is 0.269 e. The molecule has 1 aliphatic heterocycles. The van der Waals surface area contributed by atoms with Gasteiger partial charge in [-0.25, -0.2) is 9.97 Å². The van der Waals surface area contributed by atoms with Crippen LogP contribution in [0.25, 0.3) is 0 Å². The van der Waals surface area contributed by atoms with Gasteiger partial charge in [0.15, 0.2) is 0 Å². The summed E-state index contributed by atoms with van der Waals surface area (Å²) in [7, 11) is 1.50. The SMILES string of the molecule is CCc1cnc(C23CCC(N4CCN(c5ccc(C(=O)NC)nc5F)CC4)C2C3)[nH]c1=O. The maximum atomic E-state index is 14.5. The number of piperazine rings is 1. The first-order valence-corrected chi connectivity index (χ1v) is 11.4. The fourth-order valence-electron chi connectivity index (χ4n) is 5.70. The van der Waals surface area contributed by atoms with Crippen LogP contribution in [-0.2, 0) is 11.8 Å². The van der Waals surface area contributed by atoms with Crippen LogP contribution in [0.5, 0.6) is 0 Å². The van der Waals surface area contributed by atoms with Gasteiger partial charge in [0, 0.05) is 56.4 Å². The first-order valence-electron chi connectivity index (χ1n) is 11.4. The van der Waals surface area contributed by atoms with E-state index in [9.17, 15) is 14.0 Å². The van der Waals surface area contributed by atoms with Gasteiger partial charge in [-0.2, -0.15) is 4.39 Å². The Labute approximate surface area is 186 Å². The number of aryl methyl sites for hydroxylation is 1. The largest absolute Gasteiger partial charge is 0.365 e. The second kappa shape index (κ2) is 7.95. The van der Waals surface area contributed by atoms with Crippen molar-refractivity contribution in [3.63, 3.8) is 0 Å². The van der Waals surface area contributed by atoms with Gasteiger partial charge < -0.3 is 15.2 Å². The lowest BCUT2D eigenvalue weighted by atomic mass is 10.0. The lowest BCUT2D eigenvalue weighted by molar-refractivity contribution is 0.0957. The fraction of sp³-hybridized carbons (Fsp3) is 0.565. The second-order valence-corrected chi connectivity index (χ2v) is 9.12. The Bertz CT molecular complexity index is 1100. The van der Waals surface area contributed by atoms with Crippen molar-refractivity contribution >= 4 is 11.6 Å². The Balaban J connectivity index is 1.23. The number of fused-ring (bicyclic) bond motifs is 1. The summed E-state index contributed by atoms with van der Waals surface area (Å²) in [5.41, 5.74) is 1.29. The van der Waals surface area contributed by atoms with E-state index in [1.807, 2.05) is 11.8 Å². The van der Waals surface area contributed by atoms with E-state index in [1.165, 1.54) is 7.05 Å². The van der Waals surface area contributed by atoms with Crippen LogP contribution in [0, 0.1) is 11.9 Å². The predicted octanol–water partition coefficient (Wildman–Crippen LogP) is 1.47. The number of pyridine rings is 1.